The lowest BCUT2D eigenvalue weighted by atomic mass is 10.2. The summed E-state index contributed by atoms with van der Waals surface area (Å²) < 4.78 is 15.3. The van der Waals surface area contributed by atoms with Gasteiger partial charge in [-0.25, -0.2) is 14.4 Å². The van der Waals surface area contributed by atoms with Gasteiger partial charge in [0.2, 0.25) is 5.78 Å². The fourth-order valence-corrected chi connectivity index (χ4v) is 2.80. The first-order valence-corrected chi connectivity index (χ1v) is 7.84. The highest BCUT2D eigenvalue weighted by molar-refractivity contribution is 5.34. The van der Waals surface area contributed by atoms with Crippen molar-refractivity contribution >= 4 is 5.78 Å². The molecule has 0 spiro atoms. The highest BCUT2D eigenvalue weighted by atomic mass is 19.1. The summed E-state index contributed by atoms with van der Waals surface area (Å²) in [5, 5.41) is 0. The minimum absolute atomic E-state index is 0.193. The van der Waals surface area contributed by atoms with Crippen LogP contribution in [0.2, 0.25) is 0 Å². The van der Waals surface area contributed by atoms with Gasteiger partial charge in [-0.05, 0) is 44.2 Å². The maximum atomic E-state index is 13.3. The smallest absolute Gasteiger partial charge is 0.234 e. The number of aromatic nitrogens is 3. The average molecular weight is 312 g/mol. The van der Waals surface area contributed by atoms with Gasteiger partial charge in [-0.2, -0.15) is 0 Å². The Morgan fingerprint density at radius 3 is 2.70 bits per heavy atom. The van der Waals surface area contributed by atoms with Gasteiger partial charge in [0.05, 0.1) is 5.69 Å². The third-order valence-corrected chi connectivity index (χ3v) is 3.94. The molecule has 4 nitrogen and oxygen atoms in total. The Balaban J connectivity index is 1.80. The molecule has 0 radical (unpaired) electrons. The molecular formula is C18H21FN4. The molecule has 3 rings (SSSR count). The number of fused-ring (bicyclic) bond motifs is 1. The first kappa shape index (κ1) is 15.6. The van der Waals surface area contributed by atoms with Crippen molar-refractivity contribution in [3.8, 4) is 0 Å². The Labute approximate surface area is 135 Å². The summed E-state index contributed by atoms with van der Waals surface area (Å²) in [6.07, 6.45) is 2.03. The van der Waals surface area contributed by atoms with Crippen molar-refractivity contribution in [1.29, 1.82) is 0 Å². The second-order valence-electron chi connectivity index (χ2n) is 5.87. The fraction of sp³-hybridized carbons (Fsp3) is 0.333. The van der Waals surface area contributed by atoms with Crippen molar-refractivity contribution < 1.29 is 4.39 Å². The van der Waals surface area contributed by atoms with Gasteiger partial charge in [-0.3, -0.25) is 9.30 Å². The van der Waals surface area contributed by atoms with Crippen LogP contribution in [-0.2, 0) is 13.1 Å². The number of imidazole rings is 1. The maximum Gasteiger partial charge on any atom is 0.234 e. The largest absolute Gasteiger partial charge is 0.293 e. The van der Waals surface area contributed by atoms with E-state index in [1.807, 2.05) is 29.7 Å². The van der Waals surface area contributed by atoms with E-state index in [1.165, 1.54) is 6.07 Å². The first-order chi connectivity index (χ1) is 11.0. The molecule has 5 heteroatoms. The Morgan fingerprint density at radius 1 is 1.13 bits per heavy atom. The molecule has 0 amide bonds. The molecule has 0 aliphatic heterocycles. The summed E-state index contributed by atoms with van der Waals surface area (Å²) in [5.41, 5.74) is 4.05. The molecular weight excluding hydrogens is 291 g/mol. The lowest BCUT2D eigenvalue weighted by Crippen LogP contribution is -2.22. The van der Waals surface area contributed by atoms with Gasteiger partial charge < -0.3 is 0 Å². The van der Waals surface area contributed by atoms with E-state index in [-0.39, 0.29) is 5.82 Å². The summed E-state index contributed by atoms with van der Waals surface area (Å²) in [5.74, 6) is 0.542. The first-order valence-electron chi connectivity index (χ1n) is 7.84. The van der Waals surface area contributed by atoms with Crippen molar-refractivity contribution in [3.63, 3.8) is 0 Å². The SMILES string of the molecule is CCN(Cc1cccc(F)c1)Cc1cn2c(C)cc(C)nc2n1. The molecule has 0 fully saturated rings. The van der Waals surface area contributed by atoms with Crippen LogP contribution in [0, 0.1) is 19.7 Å². The molecule has 0 saturated carbocycles. The van der Waals surface area contributed by atoms with Gasteiger partial charge >= 0.3 is 0 Å². The summed E-state index contributed by atoms with van der Waals surface area (Å²) in [7, 11) is 0. The van der Waals surface area contributed by atoms with Crippen molar-refractivity contribution in [2.45, 2.75) is 33.9 Å². The number of halogens is 1. The maximum absolute atomic E-state index is 13.3. The van der Waals surface area contributed by atoms with Crippen LogP contribution in [0.3, 0.4) is 0 Å². The van der Waals surface area contributed by atoms with Gasteiger partial charge in [-0.1, -0.05) is 19.1 Å². The van der Waals surface area contributed by atoms with Crippen LogP contribution in [0.5, 0.6) is 0 Å². The van der Waals surface area contributed by atoms with Crippen molar-refractivity contribution in [2.75, 3.05) is 6.54 Å². The van der Waals surface area contributed by atoms with Crippen LogP contribution in [0.1, 0.15) is 29.6 Å². The van der Waals surface area contributed by atoms with Crippen LogP contribution in [0.4, 0.5) is 4.39 Å². The predicted octanol–water partition coefficient (Wildman–Crippen LogP) is 3.51. The molecule has 0 saturated heterocycles. The Bertz CT molecular complexity index is 825. The van der Waals surface area contributed by atoms with E-state index in [4.69, 9.17) is 0 Å². The molecule has 23 heavy (non-hydrogen) atoms. The lowest BCUT2D eigenvalue weighted by molar-refractivity contribution is 0.268. The summed E-state index contributed by atoms with van der Waals surface area (Å²) >= 11 is 0. The zero-order chi connectivity index (χ0) is 16.4. The zero-order valence-corrected chi connectivity index (χ0v) is 13.8. The van der Waals surface area contributed by atoms with Crippen LogP contribution < -0.4 is 0 Å². The van der Waals surface area contributed by atoms with E-state index < -0.39 is 0 Å². The zero-order valence-electron chi connectivity index (χ0n) is 13.8. The predicted molar refractivity (Wildman–Crippen MR) is 88.6 cm³/mol. The van der Waals surface area contributed by atoms with Gasteiger partial charge in [0, 0.05) is 30.7 Å². The highest BCUT2D eigenvalue weighted by Crippen LogP contribution is 2.13. The van der Waals surface area contributed by atoms with Crippen molar-refractivity contribution in [2.24, 2.45) is 0 Å². The van der Waals surface area contributed by atoms with Crippen LogP contribution in [-0.4, -0.2) is 25.8 Å². The van der Waals surface area contributed by atoms with Gasteiger partial charge in [0.25, 0.3) is 0 Å². The molecule has 2 heterocycles. The highest BCUT2D eigenvalue weighted by Gasteiger charge is 2.10. The standard InChI is InChI=1S/C18H21FN4/c1-4-22(10-15-6-5-7-16(19)9-15)11-17-12-23-14(3)8-13(2)20-18(23)21-17/h5-9,12H,4,10-11H2,1-3H3. The molecule has 0 bridgehead atoms. The van der Waals surface area contributed by atoms with E-state index in [0.29, 0.717) is 6.54 Å². The van der Waals surface area contributed by atoms with E-state index in [9.17, 15) is 4.39 Å². The van der Waals surface area contributed by atoms with E-state index in [1.54, 1.807) is 12.1 Å². The van der Waals surface area contributed by atoms with Crippen molar-refractivity contribution in [3.05, 3.63) is 65.0 Å². The molecule has 3 aromatic rings. The fourth-order valence-electron chi connectivity index (χ4n) is 2.80. The number of aryl methyl sites for hydroxylation is 2. The number of hydrogen-bond donors (Lipinski definition) is 0. The van der Waals surface area contributed by atoms with Crippen molar-refractivity contribution in [1.82, 2.24) is 19.3 Å². The van der Waals surface area contributed by atoms with Gasteiger partial charge in [0.1, 0.15) is 5.82 Å². The Morgan fingerprint density at radius 2 is 1.96 bits per heavy atom. The third kappa shape index (κ3) is 3.56. The number of rotatable bonds is 5. The van der Waals surface area contributed by atoms with Crippen LogP contribution in [0.15, 0.2) is 36.5 Å². The average Bonchev–Trinajstić information content (AvgIpc) is 2.89. The van der Waals surface area contributed by atoms with Crippen LogP contribution in [0.25, 0.3) is 5.78 Å². The molecule has 0 aliphatic carbocycles. The monoisotopic (exact) mass is 312 g/mol. The summed E-state index contributed by atoms with van der Waals surface area (Å²) in [6, 6.07) is 8.80. The minimum atomic E-state index is -0.193. The van der Waals surface area contributed by atoms with E-state index in [2.05, 4.69) is 28.7 Å². The molecule has 1 aromatic carbocycles. The van der Waals surface area contributed by atoms with Crippen LogP contribution >= 0.6 is 0 Å². The Hall–Kier alpha value is -2.27. The lowest BCUT2D eigenvalue weighted by Gasteiger charge is -2.19. The minimum Gasteiger partial charge on any atom is -0.293 e. The third-order valence-electron chi connectivity index (χ3n) is 3.94. The second-order valence-corrected chi connectivity index (χ2v) is 5.87. The number of benzene rings is 1. The van der Waals surface area contributed by atoms with E-state index in [0.717, 1.165) is 41.5 Å². The molecule has 0 atom stereocenters. The van der Waals surface area contributed by atoms with Gasteiger partial charge in [0.15, 0.2) is 0 Å². The summed E-state index contributed by atoms with van der Waals surface area (Å²) in [4.78, 5) is 11.3. The number of nitrogens with zero attached hydrogens (tertiary/aromatic N) is 4. The Kier molecular flexibility index (Phi) is 4.39. The summed E-state index contributed by atoms with van der Waals surface area (Å²) in [6.45, 7) is 8.42. The van der Waals surface area contributed by atoms with Gasteiger partial charge in [-0.15, -0.1) is 0 Å². The molecule has 120 valence electrons. The number of hydrogen-bond acceptors (Lipinski definition) is 3. The molecule has 0 unspecified atom stereocenters. The second kappa shape index (κ2) is 6.46. The van der Waals surface area contributed by atoms with E-state index >= 15 is 0 Å². The normalized spacial score (nSPS) is 11.5. The topological polar surface area (TPSA) is 33.4 Å². The molecule has 2 aromatic heterocycles. The quantitative estimate of drug-likeness (QED) is 0.723. The molecule has 0 N–H and O–H groups in total. The molecule has 0 aliphatic rings.